The number of amides is 1. The number of carbonyl (C=O) groups excluding carboxylic acids is 1. The summed E-state index contributed by atoms with van der Waals surface area (Å²) in [7, 11) is 1.62. The van der Waals surface area contributed by atoms with Gasteiger partial charge in [-0.2, -0.15) is 5.26 Å². The minimum absolute atomic E-state index is 0.0450. The van der Waals surface area contributed by atoms with Crippen molar-refractivity contribution < 1.29 is 9.53 Å². The van der Waals surface area contributed by atoms with Gasteiger partial charge < -0.3 is 9.64 Å². The van der Waals surface area contributed by atoms with Gasteiger partial charge in [0.2, 0.25) is 5.91 Å². The fourth-order valence-electron chi connectivity index (χ4n) is 2.73. The maximum Gasteiger partial charge on any atom is 0.228 e. The summed E-state index contributed by atoms with van der Waals surface area (Å²) in [6, 6.07) is 9.87. The van der Waals surface area contributed by atoms with Crippen molar-refractivity contribution in [1.82, 2.24) is 4.90 Å². The van der Waals surface area contributed by atoms with Crippen molar-refractivity contribution in [2.75, 3.05) is 13.7 Å². The minimum Gasteiger partial charge on any atom is -0.497 e. The van der Waals surface area contributed by atoms with Crippen molar-refractivity contribution in [2.45, 2.75) is 38.1 Å². The zero-order valence-corrected chi connectivity index (χ0v) is 11.8. The van der Waals surface area contributed by atoms with E-state index in [1.807, 2.05) is 24.3 Å². The molecule has 0 N–H and O–H groups in total. The molecular weight excluding hydrogens is 252 g/mol. The summed E-state index contributed by atoms with van der Waals surface area (Å²) in [5.41, 5.74) is 0.955. The number of hydrogen-bond donors (Lipinski definition) is 0. The molecule has 4 heteroatoms. The van der Waals surface area contributed by atoms with Crippen molar-refractivity contribution >= 4 is 5.91 Å². The van der Waals surface area contributed by atoms with E-state index in [0.29, 0.717) is 6.42 Å². The highest BCUT2D eigenvalue weighted by atomic mass is 16.5. The molecule has 0 heterocycles. The van der Waals surface area contributed by atoms with E-state index >= 15 is 0 Å². The third kappa shape index (κ3) is 3.51. The minimum atomic E-state index is 0.0450. The zero-order chi connectivity index (χ0) is 14.4. The summed E-state index contributed by atoms with van der Waals surface area (Å²) < 4.78 is 5.10. The third-order valence-corrected chi connectivity index (χ3v) is 3.84. The molecule has 0 aromatic heterocycles. The Morgan fingerprint density at radius 3 is 2.55 bits per heavy atom. The van der Waals surface area contributed by atoms with Crippen LogP contribution in [0.1, 0.15) is 31.2 Å². The number of carbonyl (C=O) groups is 1. The maximum absolute atomic E-state index is 12.4. The van der Waals surface area contributed by atoms with Gasteiger partial charge in [0.15, 0.2) is 0 Å². The van der Waals surface area contributed by atoms with Gasteiger partial charge in [0, 0.05) is 6.04 Å². The number of benzene rings is 1. The molecule has 4 nitrogen and oxygen atoms in total. The zero-order valence-electron chi connectivity index (χ0n) is 11.8. The average Bonchev–Trinajstić information content (AvgIpc) is 2.99. The van der Waals surface area contributed by atoms with Gasteiger partial charge in [0.25, 0.3) is 0 Å². The van der Waals surface area contributed by atoms with Crippen LogP contribution < -0.4 is 4.74 Å². The van der Waals surface area contributed by atoms with E-state index in [1.54, 1.807) is 12.0 Å². The predicted molar refractivity (Wildman–Crippen MR) is 76.3 cm³/mol. The molecule has 106 valence electrons. The lowest BCUT2D eigenvalue weighted by Gasteiger charge is -2.26. The number of rotatable bonds is 5. The van der Waals surface area contributed by atoms with E-state index < -0.39 is 0 Å². The number of hydrogen-bond acceptors (Lipinski definition) is 3. The van der Waals surface area contributed by atoms with Crippen molar-refractivity contribution in [1.29, 1.82) is 5.26 Å². The largest absolute Gasteiger partial charge is 0.497 e. The average molecular weight is 272 g/mol. The quantitative estimate of drug-likeness (QED) is 0.774. The van der Waals surface area contributed by atoms with Gasteiger partial charge in [0.1, 0.15) is 12.3 Å². The standard InChI is InChI=1S/C16H20N2O2/c1-20-15-8-6-13(7-9-15)12-16(19)18(11-10-17)14-4-2-3-5-14/h6-9,14H,2-5,11-12H2,1H3. The van der Waals surface area contributed by atoms with E-state index in [2.05, 4.69) is 6.07 Å². The molecule has 0 bridgehead atoms. The molecule has 0 spiro atoms. The first kappa shape index (κ1) is 14.4. The second kappa shape index (κ2) is 6.95. The first-order valence-electron chi connectivity index (χ1n) is 7.04. The van der Waals surface area contributed by atoms with E-state index in [-0.39, 0.29) is 18.5 Å². The van der Waals surface area contributed by atoms with Crippen LogP contribution >= 0.6 is 0 Å². The van der Waals surface area contributed by atoms with E-state index in [4.69, 9.17) is 10.00 Å². The molecule has 1 aliphatic carbocycles. The van der Waals surface area contributed by atoms with Crippen LogP contribution in [0.5, 0.6) is 5.75 Å². The van der Waals surface area contributed by atoms with Crippen molar-refractivity contribution in [3.63, 3.8) is 0 Å². The lowest BCUT2D eigenvalue weighted by Crippen LogP contribution is -2.40. The Morgan fingerprint density at radius 2 is 2.00 bits per heavy atom. The molecule has 1 fully saturated rings. The van der Waals surface area contributed by atoms with Gasteiger partial charge in [-0.05, 0) is 30.5 Å². The van der Waals surface area contributed by atoms with Crippen LogP contribution in [0.3, 0.4) is 0 Å². The van der Waals surface area contributed by atoms with Crippen LogP contribution in [0, 0.1) is 11.3 Å². The van der Waals surface area contributed by atoms with Crippen LogP contribution in [0.2, 0.25) is 0 Å². The SMILES string of the molecule is COc1ccc(CC(=O)N(CC#N)C2CCCC2)cc1. The molecule has 20 heavy (non-hydrogen) atoms. The second-order valence-electron chi connectivity index (χ2n) is 5.14. The van der Waals surface area contributed by atoms with Crippen molar-refractivity contribution in [3.8, 4) is 11.8 Å². The smallest absolute Gasteiger partial charge is 0.228 e. The first-order valence-corrected chi connectivity index (χ1v) is 7.04. The highest BCUT2D eigenvalue weighted by Gasteiger charge is 2.26. The third-order valence-electron chi connectivity index (χ3n) is 3.84. The summed E-state index contributed by atoms with van der Waals surface area (Å²) in [6.45, 7) is 0.194. The van der Waals surface area contributed by atoms with E-state index in [1.165, 1.54) is 0 Å². The molecule has 0 aliphatic heterocycles. The molecule has 0 atom stereocenters. The molecule has 2 rings (SSSR count). The molecule has 0 saturated heterocycles. The molecule has 1 aromatic rings. The second-order valence-corrected chi connectivity index (χ2v) is 5.14. The van der Waals surface area contributed by atoms with Crippen LogP contribution in [-0.2, 0) is 11.2 Å². The Morgan fingerprint density at radius 1 is 1.35 bits per heavy atom. The van der Waals surface area contributed by atoms with Crippen LogP contribution in [0.15, 0.2) is 24.3 Å². The number of nitriles is 1. The molecular formula is C16H20N2O2. The van der Waals surface area contributed by atoms with Gasteiger partial charge in [0.05, 0.1) is 19.6 Å². The summed E-state index contributed by atoms with van der Waals surface area (Å²) in [5.74, 6) is 0.828. The van der Waals surface area contributed by atoms with Gasteiger partial charge in [-0.3, -0.25) is 4.79 Å². The summed E-state index contributed by atoms with van der Waals surface area (Å²) in [4.78, 5) is 14.1. The Balaban J connectivity index is 2.01. The Kier molecular flexibility index (Phi) is 5.00. The molecule has 1 amide bonds. The summed E-state index contributed by atoms with van der Waals surface area (Å²) in [5, 5.41) is 8.92. The van der Waals surface area contributed by atoms with Crippen LogP contribution in [-0.4, -0.2) is 30.5 Å². The van der Waals surface area contributed by atoms with Gasteiger partial charge in [-0.25, -0.2) is 0 Å². The summed E-state index contributed by atoms with van der Waals surface area (Å²) >= 11 is 0. The van der Waals surface area contributed by atoms with Crippen LogP contribution in [0.4, 0.5) is 0 Å². The van der Waals surface area contributed by atoms with Gasteiger partial charge in [-0.15, -0.1) is 0 Å². The van der Waals surface area contributed by atoms with Crippen molar-refractivity contribution in [2.24, 2.45) is 0 Å². The Hall–Kier alpha value is -2.02. The maximum atomic E-state index is 12.4. The Bertz CT molecular complexity index is 484. The van der Waals surface area contributed by atoms with Gasteiger partial charge >= 0.3 is 0 Å². The number of ether oxygens (including phenoxy) is 1. The molecule has 1 aliphatic rings. The highest BCUT2D eigenvalue weighted by molar-refractivity contribution is 5.79. The van der Waals surface area contributed by atoms with E-state index in [0.717, 1.165) is 37.0 Å². The molecule has 0 radical (unpaired) electrons. The predicted octanol–water partition coefficient (Wildman–Crippen LogP) is 2.53. The lowest BCUT2D eigenvalue weighted by atomic mass is 10.1. The number of nitrogens with zero attached hydrogens (tertiary/aromatic N) is 2. The molecule has 1 saturated carbocycles. The highest BCUT2D eigenvalue weighted by Crippen LogP contribution is 2.24. The Labute approximate surface area is 120 Å². The number of methoxy groups -OCH3 is 1. The molecule has 0 unspecified atom stereocenters. The monoisotopic (exact) mass is 272 g/mol. The van der Waals surface area contributed by atoms with Crippen LogP contribution in [0.25, 0.3) is 0 Å². The summed E-state index contributed by atoms with van der Waals surface area (Å²) in [6.07, 6.45) is 4.71. The van der Waals surface area contributed by atoms with E-state index in [9.17, 15) is 4.79 Å². The fourth-order valence-corrected chi connectivity index (χ4v) is 2.73. The lowest BCUT2D eigenvalue weighted by molar-refractivity contribution is -0.132. The van der Waals surface area contributed by atoms with Gasteiger partial charge in [-0.1, -0.05) is 25.0 Å². The molecule has 1 aromatic carbocycles. The fraction of sp³-hybridized carbons (Fsp3) is 0.500. The first-order chi connectivity index (χ1) is 9.74. The normalized spacial score (nSPS) is 14.8. The van der Waals surface area contributed by atoms with Crippen molar-refractivity contribution in [3.05, 3.63) is 29.8 Å². The topological polar surface area (TPSA) is 53.3 Å².